The van der Waals surface area contributed by atoms with E-state index >= 15 is 0 Å². The molecule has 0 aliphatic rings. The topological polar surface area (TPSA) is 29.1 Å². The van der Waals surface area contributed by atoms with Crippen LogP contribution in [0.2, 0.25) is 0 Å². The molecule has 0 heterocycles. The van der Waals surface area contributed by atoms with Gasteiger partial charge in [0, 0.05) is 28.9 Å². The number of hydrogen-bond acceptors (Lipinski definition) is 2. The summed E-state index contributed by atoms with van der Waals surface area (Å²) in [6.45, 7) is 3.55. The van der Waals surface area contributed by atoms with Gasteiger partial charge in [0.2, 0.25) is 0 Å². The molecule has 0 saturated carbocycles. The van der Waals surface area contributed by atoms with Crippen molar-refractivity contribution in [1.82, 2.24) is 5.32 Å². The molecule has 3 unspecified atom stereocenters. The Hall–Kier alpha value is -0.0300. The predicted octanol–water partition coefficient (Wildman–Crippen LogP) is 0.997. The molecule has 1 N–H and O–H groups in total. The van der Waals surface area contributed by atoms with Gasteiger partial charge in [0.25, 0.3) is 6.43 Å². The lowest BCUT2D eigenvalue weighted by molar-refractivity contribution is 0.106. The first-order valence-corrected chi connectivity index (χ1v) is 5.41. The van der Waals surface area contributed by atoms with E-state index in [0.29, 0.717) is 6.54 Å². The van der Waals surface area contributed by atoms with Crippen LogP contribution in [0.4, 0.5) is 8.78 Å². The third-order valence-corrected chi connectivity index (χ3v) is 2.97. The van der Waals surface area contributed by atoms with Gasteiger partial charge >= 0.3 is 0 Å². The standard InChI is InChI=1S/C7H15F2NOS/c1-5(12(3)11)4-10-6(2)7(8)9/h5-7,10H,4H2,1-3H3. The van der Waals surface area contributed by atoms with Crippen LogP contribution in [0.15, 0.2) is 0 Å². The van der Waals surface area contributed by atoms with Crippen LogP contribution in [-0.2, 0) is 10.8 Å². The molecule has 0 aliphatic heterocycles. The van der Waals surface area contributed by atoms with Crippen LogP contribution in [0.3, 0.4) is 0 Å². The molecule has 0 spiro atoms. The molecule has 0 radical (unpaired) electrons. The SMILES string of the molecule is CC(NCC(C)S(C)=O)C(F)F. The van der Waals surface area contributed by atoms with Gasteiger partial charge in [0.1, 0.15) is 0 Å². The Morgan fingerprint density at radius 2 is 1.92 bits per heavy atom. The first-order chi connectivity index (χ1) is 5.45. The fourth-order valence-electron chi connectivity index (χ4n) is 0.558. The second-order valence-electron chi connectivity index (χ2n) is 2.84. The first kappa shape index (κ1) is 12.0. The number of halogens is 2. The summed E-state index contributed by atoms with van der Waals surface area (Å²) in [5.74, 6) is 0. The smallest absolute Gasteiger partial charge is 0.253 e. The summed E-state index contributed by atoms with van der Waals surface area (Å²) in [6, 6.07) is -0.823. The van der Waals surface area contributed by atoms with Gasteiger partial charge < -0.3 is 5.32 Å². The maximum Gasteiger partial charge on any atom is 0.253 e. The molecule has 12 heavy (non-hydrogen) atoms. The lowest BCUT2D eigenvalue weighted by Crippen LogP contribution is -2.38. The van der Waals surface area contributed by atoms with Crippen molar-refractivity contribution in [3.8, 4) is 0 Å². The highest BCUT2D eigenvalue weighted by Crippen LogP contribution is 2.00. The van der Waals surface area contributed by atoms with Gasteiger partial charge in [-0.3, -0.25) is 4.21 Å². The largest absolute Gasteiger partial charge is 0.308 e. The van der Waals surface area contributed by atoms with Gasteiger partial charge in [-0.15, -0.1) is 0 Å². The van der Waals surface area contributed by atoms with Crippen LogP contribution < -0.4 is 5.32 Å². The lowest BCUT2D eigenvalue weighted by Gasteiger charge is -2.15. The summed E-state index contributed by atoms with van der Waals surface area (Å²) < 4.78 is 34.7. The average Bonchev–Trinajstić information content (AvgIpc) is 1.98. The summed E-state index contributed by atoms with van der Waals surface area (Å²) in [5.41, 5.74) is 0. The van der Waals surface area contributed by atoms with Crippen molar-refractivity contribution in [3.63, 3.8) is 0 Å². The van der Waals surface area contributed by atoms with E-state index < -0.39 is 23.3 Å². The maximum atomic E-state index is 11.9. The van der Waals surface area contributed by atoms with Crippen LogP contribution in [0.25, 0.3) is 0 Å². The molecule has 2 nitrogen and oxygen atoms in total. The Kier molecular flexibility index (Phi) is 5.57. The summed E-state index contributed by atoms with van der Waals surface area (Å²) in [6.07, 6.45) is -0.790. The van der Waals surface area contributed by atoms with E-state index in [1.54, 1.807) is 13.2 Å². The lowest BCUT2D eigenvalue weighted by atomic mass is 10.3. The third-order valence-electron chi connectivity index (χ3n) is 1.67. The number of nitrogens with one attached hydrogen (secondary N) is 1. The summed E-state index contributed by atoms with van der Waals surface area (Å²) >= 11 is 0. The molecule has 0 saturated heterocycles. The van der Waals surface area contributed by atoms with Crippen LogP contribution >= 0.6 is 0 Å². The zero-order valence-electron chi connectivity index (χ0n) is 7.51. The molecular formula is C7H15F2NOS. The highest BCUT2D eigenvalue weighted by Gasteiger charge is 2.15. The van der Waals surface area contributed by atoms with Crippen LogP contribution in [-0.4, -0.2) is 34.7 Å². The highest BCUT2D eigenvalue weighted by atomic mass is 32.2. The normalized spacial score (nSPS) is 19.2. The third kappa shape index (κ3) is 4.77. The Morgan fingerprint density at radius 3 is 2.25 bits per heavy atom. The average molecular weight is 199 g/mol. The fourth-order valence-corrected chi connectivity index (χ4v) is 0.889. The molecule has 0 amide bonds. The van der Waals surface area contributed by atoms with Crippen molar-refractivity contribution < 1.29 is 13.0 Å². The van der Waals surface area contributed by atoms with E-state index in [9.17, 15) is 13.0 Å². The molecule has 0 bridgehead atoms. The molecule has 0 aromatic carbocycles. The Labute approximate surface area is 74.2 Å². The Morgan fingerprint density at radius 1 is 1.42 bits per heavy atom. The van der Waals surface area contributed by atoms with Crippen molar-refractivity contribution in [1.29, 1.82) is 0 Å². The second-order valence-corrected chi connectivity index (χ2v) is 4.64. The van der Waals surface area contributed by atoms with Crippen LogP contribution in [0.5, 0.6) is 0 Å². The van der Waals surface area contributed by atoms with Gasteiger partial charge in [-0.1, -0.05) is 0 Å². The first-order valence-electron chi connectivity index (χ1n) is 3.79. The van der Waals surface area contributed by atoms with Gasteiger partial charge in [0.05, 0.1) is 6.04 Å². The van der Waals surface area contributed by atoms with E-state index in [-0.39, 0.29) is 5.25 Å². The molecule has 0 aromatic heterocycles. The minimum absolute atomic E-state index is 0.0776. The van der Waals surface area contributed by atoms with E-state index in [1.165, 1.54) is 6.92 Å². The Bertz CT molecular complexity index is 154. The van der Waals surface area contributed by atoms with Crippen molar-refractivity contribution in [2.24, 2.45) is 0 Å². The van der Waals surface area contributed by atoms with Crippen molar-refractivity contribution in [2.45, 2.75) is 31.6 Å². The monoisotopic (exact) mass is 199 g/mol. The van der Waals surface area contributed by atoms with Gasteiger partial charge in [-0.2, -0.15) is 0 Å². The zero-order valence-corrected chi connectivity index (χ0v) is 8.33. The van der Waals surface area contributed by atoms with E-state index in [1.807, 2.05) is 0 Å². The minimum atomic E-state index is -2.36. The van der Waals surface area contributed by atoms with E-state index in [2.05, 4.69) is 5.32 Å². The van der Waals surface area contributed by atoms with Crippen molar-refractivity contribution >= 4 is 10.8 Å². The van der Waals surface area contributed by atoms with E-state index in [4.69, 9.17) is 0 Å². The molecular weight excluding hydrogens is 184 g/mol. The van der Waals surface area contributed by atoms with Crippen LogP contribution in [0, 0.1) is 0 Å². The molecule has 5 heteroatoms. The van der Waals surface area contributed by atoms with Gasteiger partial charge in [-0.25, -0.2) is 8.78 Å². The van der Waals surface area contributed by atoms with Crippen molar-refractivity contribution in [3.05, 3.63) is 0 Å². The quantitative estimate of drug-likeness (QED) is 0.715. The summed E-state index contributed by atoms with van der Waals surface area (Å²) in [5, 5.41) is 2.54. The highest BCUT2D eigenvalue weighted by molar-refractivity contribution is 7.84. The molecule has 3 atom stereocenters. The van der Waals surface area contributed by atoms with Gasteiger partial charge in [-0.05, 0) is 13.8 Å². The second kappa shape index (κ2) is 5.59. The summed E-state index contributed by atoms with van der Waals surface area (Å²) in [7, 11) is -0.947. The van der Waals surface area contributed by atoms with E-state index in [0.717, 1.165) is 0 Å². The molecule has 0 rings (SSSR count). The molecule has 0 fully saturated rings. The molecule has 0 aliphatic carbocycles. The molecule has 0 aromatic rings. The predicted molar refractivity (Wildman–Crippen MR) is 47.0 cm³/mol. The zero-order chi connectivity index (χ0) is 9.72. The number of alkyl halides is 2. The van der Waals surface area contributed by atoms with Crippen LogP contribution in [0.1, 0.15) is 13.8 Å². The van der Waals surface area contributed by atoms with Crippen molar-refractivity contribution in [2.75, 3.05) is 12.8 Å². The minimum Gasteiger partial charge on any atom is -0.308 e. The number of rotatable bonds is 5. The Balaban J connectivity index is 3.61. The molecule has 74 valence electrons. The fraction of sp³-hybridized carbons (Fsp3) is 1.00. The number of hydrogen-bond donors (Lipinski definition) is 1. The van der Waals surface area contributed by atoms with Gasteiger partial charge in [0.15, 0.2) is 0 Å². The maximum absolute atomic E-state index is 11.9. The summed E-state index contributed by atoms with van der Waals surface area (Å²) in [4.78, 5) is 0.